The normalized spacial score (nSPS) is 9.30. The van der Waals surface area contributed by atoms with Gasteiger partial charge in [0.2, 0.25) is 0 Å². The highest BCUT2D eigenvalue weighted by molar-refractivity contribution is 5.62. The first kappa shape index (κ1) is 6.74. The molecule has 0 aliphatic rings. The molecule has 0 amide bonds. The smallest absolute Gasteiger partial charge is 0.159 e. The molecule has 1 rings (SSSR count). The molecule has 0 bridgehead atoms. The Kier molecular flexibility index (Phi) is 1.67. The van der Waals surface area contributed by atoms with Crippen molar-refractivity contribution in [3.8, 4) is 0 Å². The van der Waals surface area contributed by atoms with Gasteiger partial charge in [0.15, 0.2) is 5.76 Å². The van der Waals surface area contributed by atoms with Gasteiger partial charge in [0.05, 0.1) is 0 Å². The van der Waals surface area contributed by atoms with Crippen LogP contribution in [0.15, 0.2) is 16.1 Å². The van der Waals surface area contributed by atoms with E-state index < -0.39 is 0 Å². The van der Waals surface area contributed by atoms with Crippen molar-refractivity contribution < 1.29 is 4.52 Å². The molecule has 0 N–H and O–H groups in total. The second kappa shape index (κ2) is 2.47. The topological polar surface area (TPSA) is 38.4 Å². The standard InChI is InChI=1S/C7H8N2O/c1-4-6-7(8-3)5(2)10-9-6/h4H,1,3H2,2H3. The molecular formula is C7H8N2O. The number of aromatic nitrogens is 1. The monoisotopic (exact) mass is 136 g/mol. The second-order valence-corrected chi connectivity index (χ2v) is 1.83. The van der Waals surface area contributed by atoms with Crippen molar-refractivity contribution in [2.75, 3.05) is 0 Å². The Hall–Kier alpha value is -1.38. The average Bonchev–Trinajstić information content (AvgIpc) is 2.30. The van der Waals surface area contributed by atoms with Crippen LogP contribution in [0.2, 0.25) is 0 Å². The van der Waals surface area contributed by atoms with E-state index in [0.717, 1.165) is 0 Å². The van der Waals surface area contributed by atoms with Gasteiger partial charge in [-0.3, -0.25) is 4.99 Å². The third-order valence-corrected chi connectivity index (χ3v) is 1.21. The molecule has 0 aliphatic carbocycles. The van der Waals surface area contributed by atoms with E-state index in [9.17, 15) is 0 Å². The van der Waals surface area contributed by atoms with Crippen LogP contribution in [0.1, 0.15) is 11.5 Å². The molecule has 3 nitrogen and oxygen atoms in total. The van der Waals surface area contributed by atoms with Crippen molar-refractivity contribution in [1.82, 2.24) is 5.16 Å². The molecule has 0 saturated heterocycles. The van der Waals surface area contributed by atoms with Crippen LogP contribution in [-0.4, -0.2) is 11.9 Å². The maximum atomic E-state index is 4.82. The number of rotatable bonds is 2. The average molecular weight is 136 g/mol. The number of nitrogens with zero attached hydrogens (tertiary/aromatic N) is 2. The van der Waals surface area contributed by atoms with Gasteiger partial charge in [-0.1, -0.05) is 11.7 Å². The second-order valence-electron chi connectivity index (χ2n) is 1.83. The lowest BCUT2D eigenvalue weighted by atomic mass is 10.3. The molecule has 0 aromatic carbocycles. The molecule has 0 fully saturated rings. The van der Waals surface area contributed by atoms with Gasteiger partial charge in [-0.05, 0) is 19.7 Å². The minimum atomic E-state index is 0.646. The largest absolute Gasteiger partial charge is 0.359 e. The third kappa shape index (κ3) is 0.857. The van der Waals surface area contributed by atoms with E-state index >= 15 is 0 Å². The third-order valence-electron chi connectivity index (χ3n) is 1.21. The molecule has 3 heteroatoms. The lowest BCUT2D eigenvalue weighted by Crippen LogP contribution is -1.67. The van der Waals surface area contributed by atoms with E-state index in [1.807, 2.05) is 0 Å². The fourth-order valence-electron chi connectivity index (χ4n) is 0.711. The van der Waals surface area contributed by atoms with E-state index in [1.165, 1.54) is 0 Å². The summed E-state index contributed by atoms with van der Waals surface area (Å²) in [4.78, 5) is 3.72. The number of aliphatic imine (C=N–C) groups is 1. The highest BCUT2D eigenvalue weighted by Gasteiger charge is 2.05. The lowest BCUT2D eigenvalue weighted by Gasteiger charge is -1.84. The molecule has 0 radical (unpaired) electrons. The van der Waals surface area contributed by atoms with Gasteiger partial charge in [0.25, 0.3) is 0 Å². The van der Waals surface area contributed by atoms with Crippen LogP contribution >= 0.6 is 0 Å². The molecular weight excluding hydrogens is 128 g/mol. The Bertz CT molecular complexity index is 263. The highest BCUT2D eigenvalue weighted by atomic mass is 16.5. The molecule has 52 valence electrons. The lowest BCUT2D eigenvalue weighted by molar-refractivity contribution is 0.396. The Morgan fingerprint density at radius 3 is 2.80 bits per heavy atom. The maximum Gasteiger partial charge on any atom is 0.159 e. The highest BCUT2D eigenvalue weighted by Crippen LogP contribution is 2.22. The summed E-state index contributed by atoms with van der Waals surface area (Å²) in [6.45, 7) is 8.70. The molecule has 1 aromatic heterocycles. The van der Waals surface area contributed by atoms with Crippen molar-refractivity contribution >= 4 is 18.5 Å². The summed E-state index contributed by atoms with van der Waals surface area (Å²) in [6.07, 6.45) is 1.58. The van der Waals surface area contributed by atoms with Gasteiger partial charge in [0.1, 0.15) is 11.4 Å². The van der Waals surface area contributed by atoms with Gasteiger partial charge < -0.3 is 4.52 Å². The fourth-order valence-corrected chi connectivity index (χ4v) is 0.711. The van der Waals surface area contributed by atoms with Crippen molar-refractivity contribution in [3.63, 3.8) is 0 Å². The molecule has 1 aromatic rings. The van der Waals surface area contributed by atoms with E-state index in [-0.39, 0.29) is 0 Å². The molecule has 10 heavy (non-hydrogen) atoms. The van der Waals surface area contributed by atoms with Gasteiger partial charge in [-0.15, -0.1) is 0 Å². The van der Waals surface area contributed by atoms with Crippen LogP contribution in [0.3, 0.4) is 0 Å². The number of hydrogen-bond acceptors (Lipinski definition) is 3. The van der Waals surface area contributed by atoms with Gasteiger partial charge in [0, 0.05) is 0 Å². The van der Waals surface area contributed by atoms with E-state index in [1.54, 1.807) is 13.0 Å². The quantitative estimate of drug-likeness (QED) is 0.583. The zero-order chi connectivity index (χ0) is 7.56. The molecule has 1 heterocycles. The van der Waals surface area contributed by atoms with E-state index in [2.05, 4.69) is 23.4 Å². The molecule has 0 unspecified atom stereocenters. The minimum Gasteiger partial charge on any atom is -0.359 e. The van der Waals surface area contributed by atoms with Crippen LogP contribution in [0.4, 0.5) is 5.69 Å². The minimum absolute atomic E-state index is 0.646. The SMILES string of the molecule is C=Cc1noc(C)c1N=C. The Morgan fingerprint density at radius 1 is 1.70 bits per heavy atom. The van der Waals surface area contributed by atoms with Crippen molar-refractivity contribution in [3.05, 3.63) is 18.0 Å². The molecule has 0 aliphatic heterocycles. The van der Waals surface area contributed by atoms with E-state index in [4.69, 9.17) is 4.52 Å². The van der Waals surface area contributed by atoms with E-state index in [0.29, 0.717) is 17.1 Å². The molecule has 0 saturated carbocycles. The number of hydrogen-bond donors (Lipinski definition) is 0. The fraction of sp³-hybridized carbons (Fsp3) is 0.143. The first-order valence-electron chi connectivity index (χ1n) is 2.85. The Labute approximate surface area is 59.1 Å². The summed E-state index contributed by atoms with van der Waals surface area (Å²) in [6, 6.07) is 0. The zero-order valence-corrected chi connectivity index (χ0v) is 5.79. The Morgan fingerprint density at radius 2 is 2.40 bits per heavy atom. The Balaban J connectivity index is 3.25. The maximum absolute atomic E-state index is 4.82. The van der Waals surface area contributed by atoms with Crippen LogP contribution in [0.25, 0.3) is 6.08 Å². The summed E-state index contributed by atoms with van der Waals surface area (Å²) in [5, 5.41) is 3.68. The number of aryl methyl sites for hydroxylation is 1. The van der Waals surface area contributed by atoms with Crippen LogP contribution in [0, 0.1) is 6.92 Å². The summed E-state index contributed by atoms with van der Waals surface area (Å²) >= 11 is 0. The van der Waals surface area contributed by atoms with Crippen LogP contribution < -0.4 is 0 Å². The van der Waals surface area contributed by atoms with Crippen LogP contribution in [0.5, 0.6) is 0 Å². The summed E-state index contributed by atoms with van der Waals surface area (Å²) < 4.78 is 4.82. The van der Waals surface area contributed by atoms with Gasteiger partial charge >= 0.3 is 0 Å². The van der Waals surface area contributed by atoms with Gasteiger partial charge in [-0.2, -0.15) is 0 Å². The first-order valence-corrected chi connectivity index (χ1v) is 2.85. The summed E-state index contributed by atoms with van der Waals surface area (Å²) in [5.41, 5.74) is 1.32. The van der Waals surface area contributed by atoms with Crippen molar-refractivity contribution in [2.24, 2.45) is 4.99 Å². The summed E-state index contributed by atoms with van der Waals surface area (Å²) in [5.74, 6) is 0.671. The van der Waals surface area contributed by atoms with Crippen LogP contribution in [-0.2, 0) is 0 Å². The molecule has 0 atom stereocenters. The predicted octanol–water partition coefficient (Wildman–Crippen LogP) is 1.96. The van der Waals surface area contributed by atoms with Crippen molar-refractivity contribution in [1.29, 1.82) is 0 Å². The van der Waals surface area contributed by atoms with Gasteiger partial charge in [-0.25, -0.2) is 0 Å². The van der Waals surface area contributed by atoms with Crippen molar-refractivity contribution in [2.45, 2.75) is 6.92 Å². The predicted molar refractivity (Wildman–Crippen MR) is 40.5 cm³/mol. The molecule has 0 spiro atoms. The first-order chi connectivity index (χ1) is 4.79. The summed E-state index contributed by atoms with van der Waals surface area (Å²) in [7, 11) is 0. The zero-order valence-electron chi connectivity index (χ0n) is 5.79.